The van der Waals surface area contributed by atoms with Gasteiger partial charge in [-0.25, -0.2) is 0 Å². The number of aliphatic hydroxyl groups is 1. The number of aliphatic hydroxyl groups excluding tert-OH is 1. The molecule has 0 spiro atoms. The fourth-order valence-electron chi connectivity index (χ4n) is 1.73. The van der Waals surface area contributed by atoms with E-state index in [1.54, 1.807) is 0 Å². The minimum Gasteiger partial charge on any atom is -0.495 e. The summed E-state index contributed by atoms with van der Waals surface area (Å²) in [5, 5.41) is 10.7. The zero-order valence-electron chi connectivity index (χ0n) is 9.30. The molecule has 0 aliphatic heterocycles. The van der Waals surface area contributed by atoms with E-state index in [0.717, 1.165) is 11.1 Å². The highest BCUT2D eigenvalue weighted by atomic mass is 16.3. The molecule has 0 aromatic heterocycles. The normalized spacial score (nSPS) is 13.5. The molecule has 0 atom stereocenters. The van der Waals surface area contributed by atoms with E-state index >= 15 is 0 Å². The van der Waals surface area contributed by atoms with Crippen LogP contribution in [0.1, 0.15) is 0 Å². The van der Waals surface area contributed by atoms with Crippen LogP contribution in [0, 0.1) is 0 Å². The zero-order valence-corrected chi connectivity index (χ0v) is 9.30. The highest BCUT2D eigenvalue weighted by Crippen LogP contribution is 2.15. The second-order valence-electron chi connectivity index (χ2n) is 3.72. The Morgan fingerprint density at radius 2 is 1.71 bits per heavy atom. The van der Waals surface area contributed by atoms with Gasteiger partial charge < -0.3 is 16.6 Å². The van der Waals surface area contributed by atoms with Gasteiger partial charge in [0, 0.05) is 16.6 Å². The first kappa shape index (κ1) is 11.1. The Labute approximate surface area is 99.3 Å². The Bertz CT molecular complexity index is 629. The lowest BCUT2D eigenvalue weighted by atomic mass is 10.0. The fourth-order valence-corrected chi connectivity index (χ4v) is 1.73. The summed E-state index contributed by atoms with van der Waals surface area (Å²) in [6, 6.07) is 15.5. The molecule has 2 rings (SSSR count). The molecule has 0 heterocycles. The van der Waals surface area contributed by atoms with Gasteiger partial charge in [-0.1, -0.05) is 42.5 Å². The summed E-state index contributed by atoms with van der Waals surface area (Å²) < 4.78 is 0. The van der Waals surface area contributed by atoms with Crippen molar-refractivity contribution in [3.8, 4) is 11.1 Å². The quantitative estimate of drug-likeness (QED) is 0.668. The standard InChI is InChI=1S/C14H14N2O/c15-9-12-7-6-11(8-13(12)14(16)17)10-4-2-1-3-5-10/h1-9,17H,15-16H2/b12-9-,14-13+. The van der Waals surface area contributed by atoms with E-state index in [9.17, 15) is 5.11 Å². The molecule has 0 fully saturated rings. The maximum Gasteiger partial charge on any atom is 0.189 e. The lowest BCUT2D eigenvalue weighted by molar-refractivity contribution is 0.492. The van der Waals surface area contributed by atoms with E-state index in [1.807, 2.05) is 48.5 Å². The molecule has 0 amide bonds. The first-order chi connectivity index (χ1) is 8.22. The average molecular weight is 226 g/mol. The predicted octanol–water partition coefficient (Wildman–Crippen LogP) is 0.633. The minimum atomic E-state index is -0.223. The fraction of sp³-hybridized carbons (Fsp3) is 0. The number of rotatable bonds is 1. The summed E-state index contributed by atoms with van der Waals surface area (Å²) in [5.74, 6) is -0.223. The van der Waals surface area contributed by atoms with Crippen molar-refractivity contribution in [1.29, 1.82) is 0 Å². The molecule has 2 aromatic rings. The smallest absolute Gasteiger partial charge is 0.189 e. The van der Waals surface area contributed by atoms with Crippen molar-refractivity contribution in [1.82, 2.24) is 0 Å². The van der Waals surface area contributed by atoms with Gasteiger partial charge in [-0.2, -0.15) is 0 Å². The maximum absolute atomic E-state index is 9.43. The zero-order chi connectivity index (χ0) is 12.3. The van der Waals surface area contributed by atoms with Crippen LogP contribution in [0.2, 0.25) is 0 Å². The second kappa shape index (κ2) is 4.61. The Kier molecular flexibility index (Phi) is 3.01. The summed E-state index contributed by atoms with van der Waals surface area (Å²) in [6.07, 6.45) is 1.42. The first-order valence-electron chi connectivity index (χ1n) is 5.28. The molecule has 2 aromatic carbocycles. The topological polar surface area (TPSA) is 72.3 Å². The molecule has 0 saturated carbocycles. The van der Waals surface area contributed by atoms with Crippen LogP contribution in [-0.2, 0) is 0 Å². The highest BCUT2D eigenvalue weighted by Gasteiger charge is 1.98. The monoisotopic (exact) mass is 226 g/mol. The predicted molar refractivity (Wildman–Crippen MR) is 70.0 cm³/mol. The molecule has 0 unspecified atom stereocenters. The van der Waals surface area contributed by atoms with Gasteiger partial charge in [0.1, 0.15) is 0 Å². The van der Waals surface area contributed by atoms with Crippen molar-refractivity contribution in [2.75, 3.05) is 0 Å². The third-order valence-electron chi connectivity index (χ3n) is 2.62. The summed E-state index contributed by atoms with van der Waals surface area (Å²) in [4.78, 5) is 0. The number of hydrogen-bond donors (Lipinski definition) is 3. The van der Waals surface area contributed by atoms with E-state index in [4.69, 9.17) is 11.5 Å². The van der Waals surface area contributed by atoms with Crippen LogP contribution in [-0.4, -0.2) is 5.11 Å². The van der Waals surface area contributed by atoms with Crippen molar-refractivity contribution in [3.63, 3.8) is 0 Å². The number of hydrogen-bond acceptors (Lipinski definition) is 3. The van der Waals surface area contributed by atoms with E-state index in [1.165, 1.54) is 6.20 Å². The van der Waals surface area contributed by atoms with Crippen LogP contribution in [0.4, 0.5) is 0 Å². The van der Waals surface area contributed by atoms with Crippen molar-refractivity contribution in [3.05, 3.63) is 59.0 Å². The van der Waals surface area contributed by atoms with Crippen molar-refractivity contribution in [2.45, 2.75) is 0 Å². The molecular formula is C14H14N2O. The maximum atomic E-state index is 9.43. The molecular weight excluding hydrogens is 212 g/mol. The number of benzene rings is 2. The lowest BCUT2D eigenvalue weighted by Gasteiger charge is -2.02. The Hall–Kier alpha value is -2.42. The van der Waals surface area contributed by atoms with Crippen LogP contribution in [0.5, 0.6) is 0 Å². The summed E-state index contributed by atoms with van der Waals surface area (Å²) in [7, 11) is 0. The van der Waals surface area contributed by atoms with Crippen LogP contribution >= 0.6 is 0 Å². The Balaban J connectivity index is 2.70. The SMILES string of the molecule is N/C=c1/ccc(-c2ccccc2)c/c1=C(/N)O. The minimum absolute atomic E-state index is 0.223. The summed E-state index contributed by atoms with van der Waals surface area (Å²) >= 11 is 0. The summed E-state index contributed by atoms with van der Waals surface area (Å²) in [6.45, 7) is 0. The van der Waals surface area contributed by atoms with Crippen molar-refractivity contribution >= 4 is 12.1 Å². The molecule has 3 nitrogen and oxygen atoms in total. The van der Waals surface area contributed by atoms with Gasteiger partial charge in [-0.05, 0) is 17.2 Å². The van der Waals surface area contributed by atoms with E-state index in [0.29, 0.717) is 10.4 Å². The third-order valence-corrected chi connectivity index (χ3v) is 2.62. The molecule has 0 radical (unpaired) electrons. The van der Waals surface area contributed by atoms with Gasteiger partial charge in [-0.15, -0.1) is 0 Å². The second-order valence-corrected chi connectivity index (χ2v) is 3.72. The molecule has 5 N–H and O–H groups in total. The summed E-state index contributed by atoms with van der Waals surface area (Å²) in [5.41, 5.74) is 13.0. The average Bonchev–Trinajstić information content (AvgIpc) is 2.39. The molecule has 17 heavy (non-hydrogen) atoms. The van der Waals surface area contributed by atoms with Gasteiger partial charge in [-0.3, -0.25) is 0 Å². The molecule has 0 aliphatic rings. The van der Waals surface area contributed by atoms with E-state index < -0.39 is 0 Å². The van der Waals surface area contributed by atoms with Gasteiger partial charge in [0.2, 0.25) is 0 Å². The third kappa shape index (κ3) is 2.23. The van der Waals surface area contributed by atoms with Gasteiger partial charge in [0.15, 0.2) is 5.88 Å². The van der Waals surface area contributed by atoms with E-state index in [-0.39, 0.29) is 5.88 Å². The first-order valence-corrected chi connectivity index (χ1v) is 5.28. The van der Waals surface area contributed by atoms with Crippen LogP contribution in [0.15, 0.2) is 48.5 Å². The van der Waals surface area contributed by atoms with Crippen LogP contribution in [0.3, 0.4) is 0 Å². The van der Waals surface area contributed by atoms with Gasteiger partial charge in [0.05, 0.1) is 0 Å². The molecule has 0 saturated heterocycles. The number of nitrogens with two attached hydrogens (primary N) is 2. The van der Waals surface area contributed by atoms with Crippen molar-refractivity contribution < 1.29 is 5.11 Å². The van der Waals surface area contributed by atoms with Crippen LogP contribution < -0.4 is 21.9 Å². The Morgan fingerprint density at radius 3 is 2.29 bits per heavy atom. The van der Waals surface area contributed by atoms with E-state index in [2.05, 4.69) is 0 Å². The van der Waals surface area contributed by atoms with Crippen LogP contribution in [0.25, 0.3) is 23.2 Å². The van der Waals surface area contributed by atoms with Gasteiger partial charge >= 0.3 is 0 Å². The molecule has 86 valence electrons. The molecule has 0 bridgehead atoms. The van der Waals surface area contributed by atoms with Gasteiger partial charge in [0.25, 0.3) is 0 Å². The molecule has 3 heteroatoms. The Morgan fingerprint density at radius 1 is 1.00 bits per heavy atom. The van der Waals surface area contributed by atoms with Crippen molar-refractivity contribution in [2.24, 2.45) is 11.5 Å². The lowest BCUT2D eigenvalue weighted by Crippen LogP contribution is -2.30. The molecule has 0 aliphatic carbocycles. The largest absolute Gasteiger partial charge is 0.495 e. The highest BCUT2D eigenvalue weighted by molar-refractivity contribution is 5.64.